The molecule has 0 fully saturated rings. The van der Waals surface area contributed by atoms with Gasteiger partial charge < -0.3 is 4.90 Å². The molecule has 0 radical (unpaired) electrons. The van der Waals surface area contributed by atoms with Crippen LogP contribution in [0.15, 0.2) is 53.6 Å². The Morgan fingerprint density at radius 1 is 1.12 bits per heavy atom. The average Bonchev–Trinajstić information content (AvgIpc) is 2.65. The second-order valence-corrected chi connectivity index (χ2v) is 6.32. The molecule has 1 aliphatic rings. The van der Waals surface area contributed by atoms with Gasteiger partial charge in [-0.05, 0) is 36.8 Å². The van der Waals surface area contributed by atoms with Crippen molar-refractivity contribution in [1.29, 1.82) is 0 Å². The second kappa shape index (κ2) is 7.47. The Kier molecular flexibility index (Phi) is 5.11. The SMILES string of the molecule is Cc1ccc(N(C)C(=O)C2=NN(Cc3ccc(F)cc3)C(=O)CC2)cc1. The number of amides is 2. The predicted molar refractivity (Wildman–Crippen MR) is 98.2 cm³/mol. The van der Waals surface area contributed by atoms with Crippen molar-refractivity contribution in [3.63, 3.8) is 0 Å². The van der Waals surface area contributed by atoms with Crippen LogP contribution in [0.3, 0.4) is 0 Å². The molecule has 2 aromatic carbocycles. The molecule has 0 saturated carbocycles. The van der Waals surface area contributed by atoms with Gasteiger partial charge in [-0.2, -0.15) is 5.10 Å². The molecule has 2 aromatic rings. The average molecular weight is 353 g/mol. The van der Waals surface area contributed by atoms with Gasteiger partial charge in [0, 0.05) is 25.6 Å². The minimum Gasteiger partial charge on any atom is -0.310 e. The Bertz CT molecular complexity index is 844. The Morgan fingerprint density at radius 3 is 2.42 bits per heavy atom. The number of benzene rings is 2. The molecular weight excluding hydrogens is 333 g/mol. The number of halogens is 1. The molecule has 26 heavy (non-hydrogen) atoms. The van der Waals surface area contributed by atoms with Gasteiger partial charge in [0.1, 0.15) is 11.5 Å². The van der Waals surface area contributed by atoms with Crippen LogP contribution in [0, 0.1) is 12.7 Å². The van der Waals surface area contributed by atoms with E-state index in [0.29, 0.717) is 12.1 Å². The van der Waals surface area contributed by atoms with Crippen molar-refractivity contribution in [2.24, 2.45) is 5.10 Å². The van der Waals surface area contributed by atoms with Crippen molar-refractivity contribution in [3.8, 4) is 0 Å². The van der Waals surface area contributed by atoms with Crippen LogP contribution in [0.2, 0.25) is 0 Å². The third-order valence-corrected chi connectivity index (χ3v) is 4.32. The molecule has 5 nitrogen and oxygen atoms in total. The summed E-state index contributed by atoms with van der Waals surface area (Å²) >= 11 is 0. The van der Waals surface area contributed by atoms with E-state index in [-0.39, 0.29) is 30.6 Å². The molecule has 3 rings (SSSR count). The van der Waals surface area contributed by atoms with E-state index in [2.05, 4.69) is 5.10 Å². The topological polar surface area (TPSA) is 53.0 Å². The highest BCUT2D eigenvalue weighted by Crippen LogP contribution is 2.18. The lowest BCUT2D eigenvalue weighted by molar-refractivity contribution is -0.132. The van der Waals surface area contributed by atoms with Gasteiger partial charge in [0.05, 0.1) is 6.54 Å². The molecule has 134 valence electrons. The Morgan fingerprint density at radius 2 is 1.77 bits per heavy atom. The molecule has 0 atom stereocenters. The zero-order valence-electron chi connectivity index (χ0n) is 14.8. The minimum atomic E-state index is -0.335. The smallest absolute Gasteiger partial charge is 0.274 e. The molecule has 0 unspecified atom stereocenters. The van der Waals surface area contributed by atoms with Crippen LogP contribution in [-0.2, 0) is 16.1 Å². The van der Waals surface area contributed by atoms with Crippen LogP contribution in [0.1, 0.15) is 24.0 Å². The minimum absolute atomic E-state index is 0.149. The van der Waals surface area contributed by atoms with Gasteiger partial charge in [-0.1, -0.05) is 29.8 Å². The highest BCUT2D eigenvalue weighted by Gasteiger charge is 2.26. The van der Waals surface area contributed by atoms with Crippen molar-refractivity contribution in [2.75, 3.05) is 11.9 Å². The van der Waals surface area contributed by atoms with Crippen LogP contribution >= 0.6 is 0 Å². The first-order valence-electron chi connectivity index (χ1n) is 8.41. The Hall–Kier alpha value is -3.02. The zero-order valence-corrected chi connectivity index (χ0v) is 14.8. The van der Waals surface area contributed by atoms with Gasteiger partial charge in [0.25, 0.3) is 5.91 Å². The first-order chi connectivity index (χ1) is 12.4. The quantitative estimate of drug-likeness (QED) is 0.847. The molecular formula is C20H20FN3O2. The first-order valence-corrected chi connectivity index (χ1v) is 8.41. The number of aryl methyl sites for hydroxylation is 1. The molecule has 0 aromatic heterocycles. The monoisotopic (exact) mass is 353 g/mol. The van der Waals surface area contributed by atoms with Crippen LogP contribution in [0.5, 0.6) is 0 Å². The van der Waals surface area contributed by atoms with Crippen molar-refractivity contribution < 1.29 is 14.0 Å². The van der Waals surface area contributed by atoms with Gasteiger partial charge in [-0.25, -0.2) is 9.40 Å². The molecule has 0 bridgehead atoms. The molecule has 0 saturated heterocycles. The highest BCUT2D eigenvalue weighted by atomic mass is 19.1. The van der Waals surface area contributed by atoms with E-state index in [1.807, 2.05) is 31.2 Å². The van der Waals surface area contributed by atoms with Crippen molar-refractivity contribution in [2.45, 2.75) is 26.3 Å². The number of hydrazone groups is 1. The van der Waals surface area contributed by atoms with E-state index in [4.69, 9.17) is 0 Å². The summed E-state index contributed by atoms with van der Waals surface area (Å²) in [5.41, 5.74) is 2.98. The van der Waals surface area contributed by atoms with Gasteiger partial charge in [-0.3, -0.25) is 9.59 Å². The van der Waals surface area contributed by atoms with Crippen molar-refractivity contribution in [3.05, 3.63) is 65.5 Å². The van der Waals surface area contributed by atoms with E-state index < -0.39 is 0 Å². The summed E-state index contributed by atoms with van der Waals surface area (Å²) in [7, 11) is 1.69. The number of carbonyl (C=O) groups excluding carboxylic acids is 2. The molecule has 2 amide bonds. The number of carbonyl (C=O) groups is 2. The van der Waals surface area contributed by atoms with Crippen LogP contribution in [0.4, 0.5) is 10.1 Å². The van der Waals surface area contributed by atoms with Crippen LogP contribution in [-0.4, -0.2) is 29.6 Å². The summed E-state index contributed by atoms with van der Waals surface area (Å²) in [6.07, 6.45) is 0.543. The summed E-state index contributed by atoms with van der Waals surface area (Å²) in [6, 6.07) is 13.5. The lowest BCUT2D eigenvalue weighted by Crippen LogP contribution is -2.39. The molecule has 1 aliphatic heterocycles. The molecule has 0 aliphatic carbocycles. The second-order valence-electron chi connectivity index (χ2n) is 6.32. The number of hydrogen-bond acceptors (Lipinski definition) is 3. The van der Waals surface area contributed by atoms with Gasteiger partial charge in [0.2, 0.25) is 5.91 Å². The maximum absolute atomic E-state index is 13.0. The third kappa shape index (κ3) is 3.96. The number of rotatable bonds is 4. The predicted octanol–water partition coefficient (Wildman–Crippen LogP) is 3.28. The van der Waals surface area contributed by atoms with Crippen LogP contribution in [0.25, 0.3) is 0 Å². The highest BCUT2D eigenvalue weighted by molar-refractivity contribution is 6.44. The molecule has 6 heteroatoms. The van der Waals surface area contributed by atoms with Gasteiger partial charge in [0.15, 0.2) is 0 Å². The maximum atomic E-state index is 13.0. The summed E-state index contributed by atoms with van der Waals surface area (Å²) < 4.78 is 13.0. The van der Waals surface area contributed by atoms with Crippen molar-refractivity contribution >= 4 is 23.2 Å². The van der Waals surface area contributed by atoms with E-state index in [9.17, 15) is 14.0 Å². The van der Waals surface area contributed by atoms with Gasteiger partial charge >= 0.3 is 0 Å². The third-order valence-electron chi connectivity index (χ3n) is 4.32. The fraction of sp³-hybridized carbons (Fsp3) is 0.250. The fourth-order valence-electron chi connectivity index (χ4n) is 2.72. The Balaban J connectivity index is 1.77. The summed E-state index contributed by atoms with van der Waals surface area (Å²) in [5.74, 6) is -0.716. The fourth-order valence-corrected chi connectivity index (χ4v) is 2.72. The summed E-state index contributed by atoms with van der Waals surface area (Å²) in [5, 5.41) is 5.54. The van der Waals surface area contributed by atoms with Crippen LogP contribution < -0.4 is 4.90 Å². The molecule has 0 N–H and O–H groups in total. The van der Waals surface area contributed by atoms with Gasteiger partial charge in [-0.15, -0.1) is 0 Å². The van der Waals surface area contributed by atoms with Crippen molar-refractivity contribution in [1.82, 2.24) is 5.01 Å². The zero-order chi connectivity index (χ0) is 18.7. The van der Waals surface area contributed by atoms with E-state index in [1.54, 1.807) is 19.2 Å². The maximum Gasteiger partial charge on any atom is 0.274 e. The molecule has 0 spiro atoms. The normalized spacial score (nSPS) is 14.2. The number of hydrogen-bond donors (Lipinski definition) is 0. The van der Waals surface area contributed by atoms with E-state index in [1.165, 1.54) is 22.0 Å². The largest absolute Gasteiger partial charge is 0.310 e. The first kappa shape index (κ1) is 17.8. The molecule has 1 heterocycles. The number of nitrogens with zero attached hydrogens (tertiary/aromatic N) is 3. The number of anilines is 1. The lowest BCUT2D eigenvalue weighted by atomic mass is 10.1. The Labute approximate surface area is 151 Å². The summed E-state index contributed by atoms with van der Waals surface area (Å²) in [4.78, 5) is 26.4. The standard InChI is InChI=1S/C20H20FN3O2/c1-14-3-9-17(10-4-14)23(2)20(26)18-11-12-19(25)24(22-18)13-15-5-7-16(21)8-6-15/h3-10H,11-13H2,1-2H3. The lowest BCUT2D eigenvalue weighted by Gasteiger charge is -2.25. The van der Waals surface area contributed by atoms with E-state index >= 15 is 0 Å². The van der Waals surface area contributed by atoms with E-state index in [0.717, 1.165) is 16.8 Å². The summed E-state index contributed by atoms with van der Waals surface area (Å²) in [6.45, 7) is 2.19.